The third-order valence-corrected chi connectivity index (χ3v) is 2.45. The molecular weight excluding hydrogens is 239 g/mol. The van der Waals surface area contributed by atoms with Gasteiger partial charge in [-0.3, -0.25) is 0 Å². The second-order valence-corrected chi connectivity index (χ2v) is 3.97. The first-order chi connectivity index (χ1) is 7.24. The van der Waals surface area contributed by atoms with Crippen molar-refractivity contribution in [3.05, 3.63) is 16.5 Å². The maximum atomic E-state index is 5.70. The Labute approximate surface area is 97.5 Å². The molecule has 0 N–H and O–H groups in total. The van der Waals surface area contributed by atoms with Crippen LogP contribution in [0.3, 0.4) is 0 Å². The summed E-state index contributed by atoms with van der Waals surface area (Å²) in [5.74, 6) is 0.385. The number of rotatable bonds is 3. The molecule has 1 aromatic heterocycles. The van der Waals surface area contributed by atoms with Gasteiger partial charge in [-0.1, -0.05) is 11.6 Å². The largest absolute Gasteiger partial charge is 0.475 e. The fourth-order valence-corrected chi connectivity index (χ4v) is 1.79. The van der Waals surface area contributed by atoms with E-state index in [9.17, 15) is 0 Å². The van der Waals surface area contributed by atoms with Crippen LogP contribution in [0.15, 0.2) is 6.07 Å². The van der Waals surface area contributed by atoms with Crippen LogP contribution < -0.4 is 4.74 Å². The second kappa shape index (κ2) is 4.96. The Kier molecular flexibility index (Phi) is 3.61. The molecule has 1 atom stereocenters. The molecule has 1 fully saturated rings. The molecule has 6 heteroatoms. The number of hydrogen-bond donors (Lipinski definition) is 0. The monoisotopic (exact) mass is 248 g/mol. The Bertz CT molecular complexity index is 323. The molecule has 1 aliphatic heterocycles. The quantitative estimate of drug-likeness (QED) is 0.609. The van der Waals surface area contributed by atoms with Crippen molar-refractivity contribution in [2.75, 3.05) is 13.2 Å². The molecule has 1 unspecified atom stereocenters. The van der Waals surface area contributed by atoms with Crippen LogP contribution in [0.1, 0.15) is 12.8 Å². The van der Waals surface area contributed by atoms with E-state index in [4.69, 9.17) is 32.7 Å². The molecule has 1 saturated heterocycles. The molecule has 0 radical (unpaired) electrons. The van der Waals surface area contributed by atoms with Gasteiger partial charge in [0, 0.05) is 12.7 Å². The van der Waals surface area contributed by atoms with Crippen molar-refractivity contribution < 1.29 is 9.47 Å². The normalized spacial score (nSPS) is 20.5. The van der Waals surface area contributed by atoms with Crippen LogP contribution in [0.2, 0.25) is 10.4 Å². The molecule has 0 spiro atoms. The molecule has 82 valence electrons. The number of halogens is 2. The summed E-state index contributed by atoms with van der Waals surface area (Å²) in [5.41, 5.74) is 0. The van der Waals surface area contributed by atoms with Crippen molar-refractivity contribution in [3.8, 4) is 5.88 Å². The smallest absolute Gasteiger partial charge is 0.227 e. The third-order valence-electron chi connectivity index (χ3n) is 2.09. The summed E-state index contributed by atoms with van der Waals surface area (Å²) >= 11 is 11.3. The zero-order valence-corrected chi connectivity index (χ0v) is 9.46. The van der Waals surface area contributed by atoms with Crippen molar-refractivity contribution in [2.45, 2.75) is 18.9 Å². The fraction of sp³-hybridized carbons (Fsp3) is 0.556. The minimum Gasteiger partial charge on any atom is -0.475 e. The van der Waals surface area contributed by atoms with E-state index < -0.39 is 0 Å². The maximum Gasteiger partial charge on any atom is 0.227 e. The Morgan fingerprint density at radius 3 is 3.00 bits per heavy atom. The van der Waals surface area contributed by atoms with E-state index in [2.05, 4.69) is 9.97 Å². The summed E-state index contributed by atoms with van der Waals surface area (Å²) < 4.78 is 10.8. The molecular formula is C9H10Cl2N2O2. The SMILES string of the molecule is Clc1cc(OCC2CCCO2)nc(Cl)n1. The molecule has 0 amide bonds. The Morgan fingerprint density at radius 2 is 2.33 bits per heavy atom. The lowest BCUT2D eigenvalue weighted by atomic mass is 10.2. The molecule has 1 aliphatic rings. The standard InChI is InChI=1S/C9H10Cl2N2O2/c10-7-4-8(13-9(11)12-7)15-5-6-2-1-3-14-6/h4,6H,1-3,5H2. The average Bonchev–Trinajstić information content (AvgIpc) is 2.65. The number of aromatic nitrogens is 2. The topological polar surface area (TPSA) is 44.2 Å². The highest BCUT2D eigenvalue weighted by atomic mass is 35.5. The summed E-state index contributed by atoms with van der Waals surface area (Å²) in [6, 6.07) is 1.53. The zero-order valence-electron chi connectivity index (χ0n) is 7.95. The van der Waals surface area contributed by atoms with Crippen molar-refractivity contribution in [3.63, 3.8) is 0 Å². The van der Waals surface area contributed by atoms with Crippen LogP contribution in [0.5, 0.6) is 5.88 Å². The van der Waals surface area contributed by atoms with E-state index >= 15 is 0 Å². The van der Waals surface area contributed by atoms with Gasteiger partial charge in [0.2, 0.25) is 11.2 Å². The van der Waals surface area contributed by atoms with Gasteiger partial charge in [0.1, 0.15) is 11.8 Å². The van der Waals surface area contributed by atoms with E-state index in [1.54, 1.807) is 0 Å². The van der Waals surface area contributed by atoms with Gasteiger partial charge in [0.15, 0.2) is 0 Å². The summed E-state index contributed by atoms with van der Waals surface area (Å²) in [6.45, 7) is 1.28. The first-order valence-corrected chi connectivity index (χ1v) is 5.44. The molecule has 4 nitrogen and oxygen atoms in total. The third kappa shape index (κ3) is 3.19. The molecule has 0 bridgehead atoms. The Hall–Kier alpha value is -0.580. The van der Waals surface area contributed by atoms with E-state index in [1.165, 1.54) is 6.07 Å². The van der Waals surface area contributed by atoms with Crippen molar-refractivity contribution >= 4 is 23.2 Å². The van der Waals surface area contributed by atoms with Gasteiger partial charge in [-0.05, 0) is 24.4 Å². The van der Waals surface area contributed by atoms with Crippen LogP contribution in [-0.2, 0) is 4.74 Å². The van der Waals surface area contributed by atoms with Crippen molar-refractivity contribution in [1.29, 1.82) is 0 Å². The highest BCUT2D eigenvalue weighted by Crippen LogP contribution is 2.18. The van der Waals surface area contributed by atoms with Crippen LogP contribution in [0.25, 0.3) is 0 Å². The lowest BCUT2D eigenvalue weighted by Crippen LogP contribution is -2.16. The fourth-order valence-electron chi connectivity index (χ4n) is 1.40. The van der Waals surface area contributed by atoms with Crippen LogP contribution in [0.4, 0.5) is 0 Å². The average molecular weight is 249 g/mol. The molecule has 1 aromatic rings. The Morgan fingerprint density at radius 1 is 1.47 bits per heavy atom. The first-order valence-electron chi connectivity index (χ1n) is 4.68. The maximum absolute atomic E-state index is 5.70. The lowest BCUT2D eigenvalue weighted by Gasteiger charge is -2.10. The van der Waals surface area contributed by atoms with Gasteiger partial charge in [0.25, 0.3) is 0 Å². The second-order valence-electron chi connectivity index (χ2n) is 3.24. The van der Waals surface area contributed by atoms with E-state index in [1.807, 2.05) is 0 Å². The molecule has 0 aliphatic carbocycles. The van der Waals surface area contributed by atoms with Crippen LogP contribution >= 0.6 is 23.2 Å². The summed E-state index contributed by atoms with van der Waals surface area (Å²) in [4.78, 5) is 7.61. The van der Waals surface area contributed by atoms with Crippen LogP contribution in [-0.4, -0.2) is 29.3 Å². The minimum atomic E-state index is 0.0878. The van der Waals surface area contributed by atoms with Crippen molar-refractivity contribution in [1.82, 2.24) is 9.97 Å². The van der Waals surface area contributed by atoms with Crippen LogP contribution in [0, 0.1) is 0 Å². The van der Waals surface area contributed by atoms with Crippen molar-refractivity contribution in [2.24, 2.45) is 0 Å². The van der Waals surface area contributed by atoms with Gasteiger partial charge >= 0.3 is 0 Å². The molecule has 2 heterocycles. The lowest BCUT2D eigenvalue weighted by molar-refractivity contribution is 0.0663. The van der Waals surface area contributed by atoms with E-state index in [-0.39, 0.29) is 16.5 Å². The minimum absolute atomic E-state index is 0.0878. The first kappa shape index (κ1) is 10.9. The predicted octanol–water partition coefficient (Wildman–Crippen LogP) is 2.34. The van der Waals surface area contributed by atoms with E-state index in [0.29, 0.717) is 12.5 Å². The summed E-state index contributed by atoms with van der Waals surface area (Å²) in [7, 11) is 0. The highest BCUT2D eigenvalue weighted by Gasteiger charge is 2.16. The number of ether oxygens (including phenoxy) is 2. The molecule has 15 heavy (non-hydrogen) atoms. The summed E-state index contributed by atoms with van der Waals surface area (Å²) in [6.07, 6.45) is 2.25. The van der Waals surface area contributed by atoms with Gasteiger partial charge in [-0.15, -0.1) is 0 Å². The highest BCUT2D eigenvalue weighted by molar-refractivity contribution is 6.31. The van der Waals surface area contributed by atoms with Gasteiger partial charge < -0.3 is 9.47 Å². The number of nitrogens with zero attached hydrogens (tertiary/aromatic N) is 2. The van der Waals surface area contributed by atoms with E-state index in [0.717, 1.165) is 19.4 Å². The Balaban J connectivity index is 1.92. The van der Waals surface area contributed by atoms with Gasteiger partial charge in [-0.25, -0.2) is 4.98 Å². The summed E-state index contributed by atoms with van der Waals surface area (Å²) in [5, 5.41) is 0.363. The molecule has 0 aromatic carbocycles. The molecule has 2 rings (SSSR count). The van der Waals surface area contributed by atoms with Gasteiger partial charge in [-0.2, -0.15) is 4.98 Å². The number of hydrogen-bond acceptors (Lipinski definition) is 4. The molecule has 0 saturated carbocycles. The van der Waals surface area contributed by atoms with Gasteiger partial charge in [0.05, 0.1) is 6.10 Å². The predicted molar refractivity (Wildman–Crippen MR) is 56.5 cm³/mol. The zero-order chi connectivity index (χ0) is 10.7.